The molecule has 0 aliphatic rings. The SMILES string of the molecule is CCCCCCCCOc1ccc(-c2ccc(O[Si]CC(C)CCC(C)CCCC)nn2)cn1. The molecule has 0 aliphatic heterocycles. The van der Waals surface area contributed by atoms with Crippen LogP contribution in [-0.4, -0.2) is 31.6 Å². The first-order valence-corrected chi connectivity index (χ1v) is 14.6. The molecule has 0 bridgehead atoms. The van der Waals surface area contributed by atoms with E-state index in [9.17, 15) is 0 Å². The van der Waals surface area contributed by atoms with Crippen molar-refractivity contribution in [1.82, 2.24) is 15.2 Å². The van der Waals surface area contributed by atoms with Crippen molar-refractivity contribution in [2.75, 3.05) is 6.61 Å². The van der Waals surface area contributed by atoms with Crippen molar-refractivity contribution in [3.63, 3.8) is 0 Å². The van der Waals surface area contributed by atoms with E-state index >= 15 is 0 Å². The first kappa shape index (κ1) is 28.3. The van der Waals surface area contributed by atoms with Gasteiger partial charge in [0.1, 0.15) is 0 Å². The number of unbranched alkanes of at least 4 members (excludes halogenated alkanes) is 6. The van der Waals surface area contributed by atoms with E-state index in [0.29, 0.717) is 27.4 Å². The average Bonchev–Trinajstić information content (AvgIpc) is 2.86. The lowest BCUT2D eigenvalue weighted by atomic mass is 9.95. The predicted octanol–water partition coefficient (Wildman–Crippen LogP) is 7.94. The Labute approximate surface area is 210 Å². The topological polar surface area (TPSA) is 57.1 Å². The second-order valence-corrected chi connectivity index (χ2v) is 10.5. The van der Waals surface area contributed by atoms with Crippen molar-refractivity contribution in [2.24, 2.45) is 11.8 Å². The van der Waals surface area contributed by atoms with Crippen LogP contribution < -0.4 is 9.16 Å². The first-order chi connectivity index (χ1) is 16.6. The number of rotatable bonds is 19. The van der Waals surface area contributed by atoms with Crippen LogP contribution in [0.2, 0.25) is 6.04 Å². The zero-order valence-electron chi connectivity index (χ0n) is 21.9. The number of pyridine rings is 1. The number of hydrogen-bond donors (Lipinski definition) is 0. The molecule has 0 fully saturated rings. The summed E-state index contributed by atoms with van der Waals surface area (Å²) in [5, 5.41) is 8.57. The van der Waals surface area contributed by atoms with Crippen LogP contribution in [-0.2, 0) is 0 Å². The maximum atomic E-state index is 5.86. The highest BCUT2D eigenvalue weighted by Crippen LogP contribution is 2.21. The van der Waals surface area contributed by atoms with Gasteiger partial charge in [0.15, 0.2) is 0 Å². The fourth-order valence-electron chi connectivity index (χ4n) is 3.83. The van der Waals surface area contributed by atoms with Gasteiger partial charge in [-0.25, -0.2) is 4.98 Å². The maximum Gasteiger partial charge on any atom is 0.313 e. The molecule has 2 radical (unpaired) electrons. The smallest absolute Gasteiger partial charge is 0.313 e. The first-order valence-electron chi connectivity index (χ1n) is 13.4. The number of ether oxygens (including phenoxy) is 1. The summed E-state index contributed by atoms with van der Waals surface area (Å²) in [6, 6.07) is 8.81. The molecule has 2 heterocycles. The van der Waals surface area contributed by atoms with Gasteiger partial charge in [-0.2, -0.15) is 0 Å². The van der Waals surface area contributed by atoms with Gasteiger partial charge >= 0.3 is 9.76 Å². The predicted molar refractivity (Wildman–Crippen MR) is 142 cm³/mol. The van der Waals surface area contributed by atoms with Crippen LogP contribution in [0.5, 0.6) is 11.8 Å². The molecule has 188 valence electrons. The molecule has 2 atom stereocenters. The van der Waals surface area contributed by atoms with Crippen molar-refractivity contribution in [3.05, 3.63) is 30.5 Å². The van der Waals surface area contributed by atoms with E-state index in [1.165, 1.54) is 64.2 Å². The minimum absolute atomic E-state index is 0.423. The van der Waals surface area contributed by atoms with E-state index < -0.39 is 0 Å². The lowest BCUT2D eigenvalue weighted by Gasteiger charge is -2.14. The molecule has 0 amide bonds. The third-order valence-electron chi connectivity index (χ3n) is 6.23. The second-order valence-electron chi connectivity index (χ2n) is 9.64. The highest BCUT2D eigenvalue weighted by Gasteiger charge is 2.09. The molecule has 6 heteroatoms. The largest absolute Gasteiger partial charge is 0.527 e. The van der Waals surface area contributed by atoms with E-state index in [2.05, 4.69) is 42.9 Å². The van der Waals surface area contributed by atoms with Crippen LogP contribution in [0.15, 0.2) is 30.5 Å². The molecule has 2 rings (SSSR count). The van der Waals surface area contributed by atoms with Crippen LogP contribution in [0.4, 0.5) is 0 Å². The van der Waals surface area contributed by atoms with Crippen molar-refractivity contribution in [2.45, 2.75) is 104 Å². The standard InChI is InChI=1S/C28H45N3O2Si/c1-5-7-9-10-11-12-20-32-27-18-16-25(21-29-27)26-17-19-28(31-30-26)33-34-22-24(4)15-14-23(3)13-8-6-2/h16-19,21,23-24H,5-15,20,22H2,1-4H3. The van der Waals surface area contributed by atoms with Gasteiger partial charge in [0.2, 0.25) is 11.8 Å². The molecule has 2 unspecified atom stereocenters. The Kier molecular flexibility index (Phi) is 14.5. The summed E-state index contributed by atoms with van der Waals surface area (Å²) in [4.78, 5) is 4.42. The van der Waals surface area contributed by atoms with Gasteiger partial charge in [-0.05, 0) is 36.4 Å². The summed E-state index contributed by atoms with van der Waals surface area (Å²) in [5.74, 6) is 2.78. The van der Waals surface area contributed by atoms with Gasteiger partial charge in [-0.1, -0.05) is 91.9 Å². The molecule has 0 saturated heterocycles. The van der Waals surface area contributed by atoms with E-state index in [1.807, 2.05) is 24.3 Å². The number of aromatic nitrogens is 3. The van der Waals surface area contributed by atoms with E-state index in [1.54, 1.807) is 6.20 Å². The lowest BCUT2D eigenvalue weighted by molar-refractivity contribution is 0.293. The van der Waals surface area contributed by atoms with Crippen LogP contribution in [0.3, 0.4) is 0 Å². The van der Waals surface area contributed by atoms with Crippen molar-refractivity contribution in [1.29, 1.82) is 0 Å². The Morgan fingerprint density at radius 2 is 1.50 bits per heavy atom. The Bertz CT molecular complexity index is 755. The Morgan fingerprint density at radius 3 is 2.21 bits per heavy atom. The lowest BCUT2D eigenvalue weighted by Crippen LogP contribution is -2.09. The third-order valence-corrected chi connectivity index (χ3v) is 7.45. The highest BCUT2D eigenvalue weighted by atomic mass is 28.2. The fraction of sp³-hybridized carbons (Fsp3) is 0.679. The quantitative estimate of drug-likeness (QED) is 0.150. The fourth-order valence-corrected chi connectivity index (χ4v) is 4.66. The molecular formula is C28H45N3O2Si. The van der Waals surface area contributed by atoms with E-state index in [-0.39, 0.29) is 0 Å². The molecule has 2 aromatic rings. The number of nitrogens with zero attached hydrogens (tertiary/aromatic N) is 3. The van der Waals surface area contributed by atoms with Gasteiger partial charge in [-0.3, -0.25) is 0 Å². The van der Waals surface area contributed by atoms with Crippen molar-refractivity contribution >= 4 is 9.76 Å². The maximum absolute atomic E-state index is 5.86. The molecule has 0 spiro atoms. The Balaban J connectivity index is 1.66. The van der Waals surface area contributed by atoms with Crippen LogP contribution in [0.25, 0.3) is 11.3 Å². The Hall–Kier alpha value is -1.95. The van der Waals surface area contributed by atoms with Gasteiger partial charge in [0, 0.05) is 23.9 Å². The second kappa shape index (κ2) is 17.5. The normalized spacial score (nSPS) is 12.9. The van der Waals surface area contributed by atoms with Gasteiger partial charge in [0.25, 0.3) is 0 Å². The summed E-state index contributed by atoms with van der Waals surface area (Å²) in [7, 11) is 0.423. The molecular weight excluding hydrogens is 438 g/mol. The summed E-state index contributed by atoms with van der Waals surface area (Å²) in [6.07, 6.45) is 15.9. The Morgan fingerprint density at radius 1 is 0.765 bits per heavy atom. The molecule has 34 heavy (non-hydrogen) atoms. The molecule has 0 N–H and O–H groups in total. The van der Waals surface area contributed by atoms with Crippen LogP contribution >= 0.6 is 0 Å². The molecule has 0 aliphatic carbocycles. The minimum atomic E-state index is 0.423. The van der Waals surface area contributed by atoms with Crippen LogP contribution in [0.1, 0.15) is 98.3 Å². The summed E-state index contributed by atoms with van der Waals surface area (Å²) >= 11 is 0. The molecule has 0 aromatic carbocycles. The molecule has 2 aromatic heterocycles. The summed E-state index contributed by atoms with van der Waals surface area (Å²) in [6.45, 7) is 9.94. The van der Waals surface area contributed by atoms with E-state index in [0.717, 1.165) is 36.2 Å². The van der Waals surface area contributed by atoms with Gasteiger partial charge in [-0.15, -0.1) is 10.2 Å². The zero-order chi connectivity index (χ0) is 24.4. The third kappa shape index (κ3) is 12.0. The summed E-state index contributed by atoms with van der Waals surface area (Å²) < 4.78 is 11.6. The molecule has 0 saturated carbocycles. The van der Waals surface area contributed by atoms with Gasteiger partial charge in [0.05, 0.1) is 12.3 Å². The van der Waals surface area contributed by atoms with Crippen LogP contribution in [0, 0.1) is 11.8 Å². The minimum Gasteiger partial charge on any atom is -0.527 e. The molecule has 5 nitrogen and oxygen atoms in total. The average molecular weight is 484 g/mol. The van der Waals surface area contributed by atoms with Crippen molar-refractivity contribution in [3.8, 4) is 23.0 Å². The number of hydrogen-bond acceptors (Lipinski definition) is 5. The highest BCUT2D eigenvalue weighted by molar-refractivity contribution is 6.28. The monoisotopic (exact) mass is 483 g/mol. The summed E-state index contributed by atoms with van der Waals surface area (Å²) in [5.41, 5.74) is 1.72. The van der Waals surface area contributed by atoms with Gasteiger partial charge < -0.3 is 9.16 Å². The van der Waals surface area contributed by atoms with E-state index in [4.69, 9.17) is 9.16 Å². The van der Waals surface area contributed by atoms with Crippen molar-refractivity contribution < 1.29 is 9.16 Å². The zero-order valence-corrected chi connectivity index (χ0v) is 22.9.